The molecule has 0 spiro atoms. The van der Waals surface area contributed by atoms with Crippen LogP contribution in [0.25, 0.3) is 10.6 Å². The van der Waals surface area contributed by atoms with E-state index in [1.165, 1.54) is 0 Å². The van der Waals surface area contributed by atoms with Crippen LogP contribution >= 0.6 is 11.3 Å². The Hall–Kier alpha value is -2.60. The minimum Gasteiger partial charge on any atom is -0.493 e. The molecule has 0 atom stereocenters. The van der Waals surface area contributed by atoms with Crippen molar-refractivity contribution in [2.24, 2.45) is 0 Å². The first kappa shape index (κ1) is 16.3. The highest BCUT2D eigenvalue weighted by atomic mass is 32.1. The topological polar surface area (TPSA) is 53.5 Å². The van der Waals surface area contributed by atoms with Gasteiger partial charge < -0.3 is 14.2 Å². The van der Waals surface area contributed by atoms with Gasteiger partial charge in [0.25, 0.3) is 0 Å². The van der Waals surface area contributed by atoms with E-state index in [2.05, 4.69) is 9.97 Å². The van der Waals surface area contributed by atoms with E-state index in [1.807, 2.05) is 42.6 Å². The van der Waals surface area contributed by atoms with Crippen molar-refractivity contribution < 1.29 is 14.2 Å². The molecule has 2 aromatic heterocycles. The van der Waals surface area contributed by atoms with Crippen LogP contribution in [0.3, 0.4) is 0 Å². The Morgan fingerprint density at radius 3 is 2.58 bits per heavy atom. The van der Waals surface area contributed by atoms with Gasteiger partial charge in [0.1, 0.15) is 11.6 Å². The summed E-state index contributed by atoms with van der Waals surface area (Å²) in [6.07, 6.45) is 1.78. The molecule has 124 valence electrons. The fourth-order valence-corrected chi connectivity index (χ4v) is 2.96. The zero-order valence-electron chi connectivity index (χ0n) is 13.8. The van der Waals surface area contributed by atoms with Crippen molar-refractivity contribution in [3.8, 4) is 28.0 Å². The average molecular weight is 342 g/mol. The predicted molar refractivity (Wildman–Crippen MR) is 94.0 cm³/mol. The van der Waals surface area contributed by atoms with Gasteiger partial charge >= 0.3 is 0 Å². The molecule has 0 aliphatic carbocycles. The fourth-order valence-electron chi connectivity index (χ4n) is 2.16. The normalized spacial score (nSPS) is 10.5. The van der Waals surface area contributed by atoms with Crippen LogP contribution < -0.4 is 14.2 Å². The van der Waals surface area contributed by atoms with E-state index in [0.717, 1.165) is 21.8 Å². The Kier molecular flexibility index (Phi) is 4.96. The number of methoxy groups -OCH3 is 2. The van der Waals surface area contributed by atoms with Gasteiger partial charge in [0.2, 0.25) is 5.88 Å². The SMILES string of the molecule is COc1ccc(-c2nc(COc3ccc(C)cn3)cs2)cc1OC. The summed E-state index contributed by atoms with van der Waals surface area (Å²) in [6, 6.07) is 9.59. The summed E-state index contributed by atoms with van der Waals surface area (Å²) >= 11 is 1.56. The number of thiazole rings is 1. The maximum Gasteiger partial charge on any atom is 0.213 e. The predicted octanol–water partition coefficient (Wildman–Crippen LogP) is 4.11. The van der Waals surface area contributed by atoms with Gasteiger partial charge in [-0.05, 0) is 30.7 Å². The molecule has 0 N–H and O–H groups in total. The van der Waals surface area contributed by atoms with Gasteiger partial charge in [0, 0.05) is 23.2 Å². The molecule has 0 aliphatic rings. The number of hydrogen-bond donors (Lipinski definition) is 0. The van der Waals surface area contributed by atoms with Crippen molar-refractivity contribution in [3.05, 3.63) is 53.2 Å². The molecule has 0 amide bonds. The minimum atomic E-state index is 0.389. The van der Waals surface area contributed by atoms with Crippen LogP contribution in [0.1, 0.15) is 11.3 Å². The number of hydrogen-bond acceptors (Lipinski definition) is 6. The fraction of sp³-hybridized carbons (Fsp3) is 0.222. The van der Waals surface area contributed by atoms with Crippen LogP contribution in [-0.4, -0.2) is 24.2 Å². The zero-order valence-corrected chi connectivity index (χ0v) is 14.6. The standard InChI is InChI=1S/C18H18N2O3S/c1-12-4-7-17(19-9-12)23-10-14-11-24-18(20-14)13-5-6-15(21-2)16(8-13)22-3/h4-9,11H,10H2,1-3H3. The zero-order chi connectivity index (χ0) is 16.9. The van der Waals surface area contributed by atoms with E-state index >= 15 is 0 Å². The molecule has 1 aromatic carbocycles. The van der Waals surface area contributed by atoms with E-state index in [4.69, 9.17) is 14.2 Å². The molecule has 0 saturated carbocycles. The quantitative estimate of drug-likeness (QED) is 0.675. The Labute approximate surface area is 144 Å². The second kappa shape index (κ2) is 7.31. The van der Waals surface area contributed by atoms with Gasteiger partial charge in [-0.3, -0.25) is 0 Å². The molecule has 24 heavy (non-hydrogen) atoms. The van der Waals surface area contributed by atoms with Gasteiger partial charge in [0.05, 0.1) is 19.9 Å². The summed E-state index contributed by atoms with van der Waals surface area (Å²) < 4.78 is 16.3. The maximum absolute atomic E-state index is 5.67. The van der Waals surface area contributed by atoms with Crippen molar-refractivity contribution in [1.82, 2.24) is 9.97 Å². The molecule has 0 unspecified atom stereocenters. The number of aryl methyl sites for hydroxylation is 1. The molecular weight excluding hydrogens is 324 g/mol. The van der Waals surface area contributed by atoms with Crippen LogP contribution in [0.5, 0.6) is 17.4 Å². The smallest absolute Gasteiger partial charge is 0.213 e. The third kappa shape index (κ3) is 3.65. The highest BCUT2D eigenvalue weighted by Crippen LogP contribution is 2.33. The number of aromatic nitrogens is 2. The number of pyridine rings is 1. The van der Waals surface area contributed by atoms with Crippen LogP contribution in [0.2, 0.25) is 0 Å². The summed E-state index contributed by atoms with van der Waals surface area (Å²) in [5, 5.41) is 2.90. The van der Waals surface area contributed by atoms with E-state index in [-0.39, 0.29) is 0 Å². The van der Waals surface area contributed by atoms with Crippen molar-refractivity contribution in [1.29, 1.82) is 0 Å². The molecule has 3 aromatic rings. The molecule has 3 rings (SSSR count). The molecule has 2 heterocycles. The summed E-state index contributed by atoms with van der Waals surface area (Å²) in [4.78, 5) is 8.84. The van der Waals surface area contributed by atoms with Crippen LogP contribution in [0.15, 0.2) is 41.9 Å². The highest BCUT2D eigenvalue weighted by Gasteiger charge is 2.10. The third-order valence-electron chi connectivity index (χ3n) is 3.43. The molecule has 0 radical (unpaired) electrons. The Bertz CT molecular complexity index is 815. The van der Waals surface area contributed by atoms with E-state index in [0.29, 0.717) is 24.0 Å². The summed E-state index contributed by atoms with van der Waals surface area (Å²) in [6.45, 7) is 2.38. The van der Waals surface area contributed by atoms with Crippen molar-refractivity contribution in [2.45, 2.75) is 13.5 Å². The molecule has 5 nitrogen and oxygen atoms in total. The Morgan fingerprint density at radius 2 is 1.88 bits per heavy atom. The number of nitrogens with zero attached hydrogens (tertiary/aromatic N) is 2. The van der Waals surface area contributed by atoms with Crippen LogP contribution in [0, 0.1) is 6.92 Å². The number of ether oxygens (including phenoxy) is 3. The Balaban J connectivity index is 1.72. The first-order chi connectivity index (χ1) is 11.7. The van der Waals surface area contributed by atoms with Gasteiger partial charge in [-0.25, -0.2) is 9.97 Å². The third-order valence-corrected chi connectivity index (χ3v) is 4.37. The lowest BCUT2D eigenvalue weighted by atomic mass is 10.2. The average Bonchev–Trinajstić information content (AvgIpc) is 3.09. The van der Waals surface area contributed by atoms with Gasteiger partial charge in [-0.1, -0.05) is 6.07 Å². The van der Waals surface area contributed by atoms with Crippen molar-refractivity contribution in [3.63, 3.8) is 0 Å². The summed E-state index contributed by atoms with van der Waals surface area (Å²) in [5.74, 6) is 1.99. The lowest BCUT2D eigenvalue weighted by Gasteiger charge is -2.08. The number of benzene rings is 1. The second-order valence-corrected chi connectivity index (χ2v) is 6.03. The molecular formula is C18H18N2O3S. The van der Waals surface area contributed by atoms with Gasteiger partial charge in [0.15, 0.2) is 11.5 Å². The van der Waals surface area contributed by atoms with Crippen LogP contribution in [-0.2, 0) is 6.61 Å². The largest absolute Gasteiger partial charge is 0.493 e. The molecule has 0 fully saturated rings. The second-order valence-electron chi connectivity index (χ2n) is 5.18. The first-order valence-corrected chi connectivity index (χ1v) is 8.30. The van der Waals surface area contributed by atoms with Gasteiger partial charge in [-0.15, -0.1) is 11.3 Å². The molecule has 0 saturated heterocycles. The lowest BCUT2D eigenvalue weighted by molar-refractivity contribution is 0.290. The minimum absolute atomic E-state index is 0.389. The van der Waals surface area contributed by atoms with Crippen molar-refractivity contribution >= 4 is 11.3 Å². The van der Waals surface area contributed by atoms with Crippen LogP contribution in [0.4, 0.5) is 0 Å². The van der Waals surface area contributed by atoms with Crippen molar-refractivity contribution in [2.75, 3.05) is 14.2 Å². The van der Waals surface area contributed by atoms with E-state index < -0.39 is 0 Å². The Morgan fingerprint density at radius 1 is 1.04 bits per heavy atom. The first-order valence-electron chi connectivity index (χ1n) is 7.42. The van der Waals surface area contributed by atoms with E-state index in [1.54, 1.807) is 31.8 Å². The summed E-state index contributed by atoms with van der Waals surface area (Å²) in [5.41, 5.74) is 2.95. The molecule has 0 aliphatic heterocycles. The highest BCUT2D eigenvalue weighted by molar-refractivity contribution is 7.13. The summed E-state index contributed by atoms with van der Waals surface area (Å²) in [7, 11) is 3.24. The monoisotopic (exact) mass is 342 g/mol. The maximum atomic E-state index is 5.67. The molecule has 6 heteroatoms. The molecule has 0 bridgehead atoms. The lowest BCUT2D eigenvalue weighted by Crippen LogP contribution is -1.97. The van der Waals surface area contributed by atoms with Gasteiger partial charge in [-0.2, -0.15) is 0 Å². The van der Waals surface area contributed by atoms with E-state index in [9.17, 15) is 0 Å². The number of rotatable bonds is 6.